The van der Waals surface area contributed by atoms with Gasteiger partial charge in [-0.2, -0.15) is 0 Å². The maximum Gasteiger partial charge on any atom is 0.244 e. The first kappa shape index (κ1) is 13.6. The fourth-order valence-electron chi connectivity index (χ4n) is 3.58. The lowest BCUT2D eigenvalue weighted by molar-refractivity contribution is -0.725. The van der Waals surface area contributed by atoms with Gasteiger partial charge in [-0.15, -0.1) is 0 Å². The van der Waals surface area contributed by atoms with Crippen LogP contribution in [0, 0.1) is 0 Å². The molecular weight excluding hydrogens is 224 g/mol. The van der Waals surface area contributed by atoms with Gasteiger partial charge in [-0.05, 0) is 51.4 Å². The first-order valence-electron chi connectivity index (χ1n) is 7.52. The molecule has 0 spiro atoms. The maximum atomic E-state index is 2.48. The number of imidazole rings is 1. The second-order valence-corrected chi connectivity index (χ2v) is 5.89. The molecule has 1 aromatic rings. The van der Waals surface area contributed by atoms with Gasteiger partial charge in [0.2, 0.25) is 6.33 Å². The third kappa shape index (κ3) is 2.94. The quantitative estimate of drug-likeness (QED) is 0.739. The third-order valence-electron chi connectivity index (χ3n) is 4.67. The van der Waals surface area contributed by atoms with Gasteiger partial charge in [-0.25, -0.2) is 9.13 Å². The Labute approximate surface area is 110 Å². The average Bonchev–Trinajstić information content (AvgIpc) is 2.90. The van der Waals surface area contributed by atoms with E-state index >= 15 is 0 Å². The van der Waals surface area contributed by atoms with Gasteiger partial charge in [0.1, 0.15) is 24.5 Å². The minimum absolute atomic E-state index is 0. The Balaban J connectivity index is 0.00000120. The van der Waals surface area contributed by atoms with Crippen LogP contribution in [0.15, 0.2) is 18.7 Å². The van der Waals surface area contributed by atoms with Crippen LogP contribution in [0.2, 0.25) is 0 Å². The molecule has 0 bridgehead atoms. The van der Waals surface area contributed by atoms with Crippen LogP contribution in [-0.4, -0.2) is 10.0 Å². The van der Waals surface area contributed by atoms with Gasteiger partial charge in [0.25, 0.3) is 0 Å². The Bertz CT molecular complexity index is 317. The van der Waals surface area contributed by atoms with E-state index in [2.05, 4.69) is 27.9 Å². The molecule has 0 aromatic carbocycles. The van der Waals surface area contributed by atoms with Crippen LogP contribution in [0.3, 0.4) is 0 Å². The van der Waals surface area contributed by atoms with Gasteiger partial charge in [-0.3, -0.25) is 0 Å². The highest BCUT2D eigenvalue weighted by Crippen LogP contribution is 2.28. The van der Waals surface area contributed by atoms with E-state index in [4.69, 9.17) is 0 Å². The van der Waals surface area contributed by atoms with Crippen LogP contribution in [0.4, 0.5) is 0 Å². The van der Waals surface area contributed by atoms with E-state index in [1.54, 1.807) is 0 Å². The van der Waals surface area contributed by atoms with E-state index in [1.165, 1.54) is 64.2 Å². The summed E-state index contributed by atoms with van der Waals surface area (Å²) < 4.78 is 4.96. The summed E-state index contributed by atoms with van der Waals surface area (Å²) in [5.74, 6) is 0. The standard InChI is InChI=1S/C15H25N2.H2O/c1-3-7-14(8-4-1)16-11-12-17(13-16)15-9-5-2-6-10-15;/h11-15H,1-10H2;1H2/q+1;/p-1. The van der Waals surface area contributed by atoms with Crippen LogP contribution >= 0.6 is 0 Å². The lowest BCUT2D eigenvalue weighted by Gasteiger charge is -2.20. The van der Waals surface area contributed by atoms with Crippen molar-refractivity contribution in [3.8, 4) is 0 Å². The minimum Gasteiger partial charge on any atom is -0.870 e. The van der Waals surface area contributed by atoms with E-state index in [9.17, 15) is 0 Å². The van der Waals surface area contributed by atoms with Crippen LogP contribution in [0.25, 0.3) is 0 Å². The minimum atomic E-state index is 0. The molecule has 1 aromatic heterocycles. The molecule has 0 amide bonds. The second kappa shape index (κ2) is 6.37. The summed E-state index contributed by atoms with van der Waals surface area (Å²) in [5.41, 5.74) is 0. The molecule has 0 radical (unpaired) electrons. The predicted molar refractivity (Wildman–Crippen MR) is 70.8 cm³/mol. The molecule has 102 valence electrons. The van der Waals surface area contributed by atoms with E-state index < -0.39 is 0 Å². The van der Waals surface area contributed by atoms with Crippen molar-refractivity contribution in [2.24, 2.45) is 0 Å². The van der Waals surface area contributed by atoms with Crippen molar-refractivity contribution in [2.45, 2.75) is 76.3 Å². The van der Waals surface area contributed by atoms with Crippen molar-refractivity contribution >= 4 is 0 Å². The summed E-state index contributed by atoms with van der Waals surface area (Å²) in [7, 11) is 0. The second-order valence-electron chi connectivity index (χ2n) is 5.89. The Morgan fingerprint density at radius 3 is 2.11 bits per heavy atom. The monoisotopic (exact) mass is 250 g/mol. The molecule has 1 heterocycles. The Hall–Kier alpha value is -0.830. The van der Waals surface area contributed by atoms with Crippen molar-refractivity contribution in [1.29, 1.82) is 0 Å². The number of nitrogens with zero attached hydrogens (tertiary/aromatic N) is 2. The molecule has 3 heteroatoms. The fourth-order valence-corrected chi connectivity index (χ4v) is 3.58. The molecular formula is C15H26N2O. The smallest absolute Gasteiger partial charge is 0.244 e. The molecule has 0 saturated heterocycles. The highest BCUT2D eigenvalue weighted by atomic mass is 16.0. The Kier molecular flexibility index (Phi) is 4.81. The summed E-state index contributed by atoms with van der Waals surface area (Å²) in [5, 5.41) is 0. The first-order chi connectivity index (χ1) is 8.43. The van der Waals surface area contributed by atoms with E-state index in [0.717, 1.165) is 12.1 Å². The topological polar surface area (TPSA) is 38.8 Å². The normalized spacial score (nSPS) is 22.7. The number of hydrogen-bond acceptors (Lipinski definition) is 1. The van der Waals surface area contributed by atoms with Crippen LogP contribution in [0.1, 0.15) is 76.3 Å². The van der Waals surface area contributed by atoms with E-state index in [1.807, 2.05) is 0 Å². The number of hydrogen-bond donors (Lipinski definition) is 0. The number of aromatic nitrogens is 2. The molecule has 1 N–H and O–H groups in total. The summed E-state index contributed by atoms with van der Waals surface area (Å²) in [4.78, 5) is 0. The van der Waals surface area contributed by atoms with Crippen LogP contribution < -0.4 is 4.57 Å². The van der Waals surface area contributed by atoms with Crippen molar-refractivity contribution in [1.82, 2.24) is 4.57 Å². The average molecular weight is 250 g/mol. The molecule has 2 saturated carbocycles. The molecule has 0 atom stereocenters. The summed E-state index contributed by atoms with van der Waals surface area (Å²) >= 11 is 0. The Morgan fingerprint density at radius 2 is 1.44 bits per heavy atom. The first-order valence-corrected chi connectivity index (χ1v) is 7.52. The number of rotatable bonds is 2. The predicted octanol–water partition coefficient (Wildman–Crippen LogP) is 3.61. The lowest BCUT2D eigenvalue weighted by Crippen LogP contribution is -2.38. The highest BCUT2D eigenvalue weighted by Gasteiger charge is 2.23. The van der Waals surface area contributed by atoms with Gasteiger partial charge >= 0.3 is 0 Å². The lowest BCUT2D eigenvalue weighted by atomic mass is 9.95. The van der Waals surface area contributed by atoms with Crippen molar-refractivity contribution in [3.05, 3.63) is 18.7 Å². The van der Waals surface area contributed by atoms with Gasteiger partial charge < -0.3 is 5.48 Å². The van der Waals surface area contributed by atoms with Crippen molar-refractivity contribution in [2.75, 3.05) is 0 Å². The fraction of sp³-hybridized carbons (Fsp3) is 0.800. The molecule has 0 aliphatic heterocycles. The molecule has 3 rings (SSSR count). The molecule has 3 nitrogen and oxygen atoms in total. The van der Waals surface area contributed by atoms with Crippen molar-refractivity contribution < 1.29 is 10.0 Å². The van der Waals surface area contributed by atoms with Crippen molar-refractivity contribution in [3.63, 3.8) is 0 Å². The van der Waals surface area contributed by atoms with E-state index in [0.29, 0.717) is 0 Å². The summed E-state index contributed by atoms with van der Waals surface area (Å²) in [6, 6.07) is 1.57. The molecule has 18 heavy (non-hydrogen) atoms. The van der Waals surface area contributed by atoms with Gasteiger partial charge in [0.15, 0.2) is 0 Å². The Morgan fingerprint density at radius 1 is 0.833 bits per heavy atom. The largest absolute Gasteiger partial charge is 0.870 e. The van der Waals surface area contributed by atoms with Crippen LogP contribution in [0.5, 0.6) is 0 Å². The summed E-state index contributed by atoms with van der Waals surface area (Å²) in [6.45, 7) is 0. The zero-order chi connectivity index (χ0) is 11.5. The molecule has 2 aliphatic carbocycles. The zero-order valence-electron chi connectivity index (χ0n) is 11.3. The molecule has 2 aliphatic rings. The summed E-state index contributed by atoms with van der Waals surface area (Å²) in [6.07, 6.45) is 21.1. The molecule has 0 unspecified atom stereocenters. The van der Waals surface area contributed by atoms with Crippen LogP contribution in [-0.2, 0) is 0 Å². The third-order valence-corrected chi connectivity index (χ3v) is 4.67. The van der Waals surface area contributed by atoms with Gasteiger partial charge in [-0.1, -0.05) is 12.8 Å². The highest BCUT2D eigenvalue weighted by molar-refractivity contribution is 4.78. The van der Waals surface area contributed by atoms with Gasteiger partial charge in [0.05, 0.1) is 0 Å². The SMILES string of the molecule is [OH-].c1c[n+](C2CCCCC2)cn1C1CCCCC1. The zero-order valence-corrected chi connectivity index (χ0v) is 11.3. The molecule has 2 fully saturated rings. The van der Waals surface area contributed by atoms with E-state index in [-0.39, 0.29) is 5.48 Å². The van der Waals surface area contributed by atoms with Gasteiger partial charge in [0, 0.05) is 0 Å². The maximum absolute atomic E-state index is 2.48.